The maximum absolute atomic E-state index is 4.65. The van der Waals surface area contributed by atoms with Crippen LogP contribution in [0.25, 0.3) is 0 Å². The van der Waals surface area contributed by atoms with Gasteiger partial charge in [-0.05, 0) is 32.0 Å². The molecule has 1 fully saturated rings. The van der Waals surface area contributed by atoms with Gasteiger partial charge in [0, 0.05) is 25.9 Å². The number of aryl methyl sites for hydroxylation is 2. The molecular formula is C18H25N5. The molecule has 1 saturated heterocycles. The summed E-state index contributed by atoms with van der Waals surface area (Å²) in [7, 11) is 0. The molecule has 0 atom stereocenters. The lowest BCUT2D eigenvalue weighted by Gasteiger charge is -2.30. The van der Waals surface area contributed by atoms with Crippen LogP contribution in [0, 0.1) is 6.92 Å². The first-order valence-electron chi connectivity index (χ1n) is 8.49. The van der Waals surface area contributed by atoms with Gasteiger partial charge in [0.2, 0.25) is 0 Å². The minimum absolute atomic E-state index is 0.762. The molecule has 0 saturated carbocycles. The molecule has 5 nitrogen and oxygen atoms in total. The van der Waals surface area contributed by atoms with E-state index in [0.717, 1.165) is 43.3 Å². The largest absolute Gasteiger partial charge is 0.367 e. The molecule has 1 aliphatic rings. The molecule has 1 N–H and O–H groups in total. The molecule has 3 rings (SSSR count). The Morgan fingerprint density at radius 2 is 2.09 bits per heavy atom. The standard InChI is InChI=1S/C18H25N5/c1-3-17-20-18(19-8-11-23-9-5-10-23)16(21-22-17)13-15-7-4-6-14(2)12-15/h4,6-7,12H,3,5,8-11,13H2,1-2H3,(H,19,20,22). The number of hydrogen-bond donors (Lipinski definition) is 1. The van der Waals surface area contributed by atoms with E-state index in [1.165, 1.54) is 30.6 Å². The van der Waals surface area contributed by atoms with Gasteiger partial charge in [-0.15, -0.1) is 10.2 Å². The minimum atomic E-state index is 0.762. The van der Waals surface area contributed by atoms with Crippen LogP contribution >= 0.6 is 0 Å². The normalized spacial score (nSPS) is 14.5. The molecule has 1 aromatic carbocycles. The van der Waals surface area contributed by atoms with Crippen LogP contribution in [-0.2, 0) is 12.8 Å². The quantitative estimate of drug-likeness (QED) is 0.851. The van der Waals surface area contributed by atoms with Gasteiger partial charge in [-0.1, -0.05) is 36.8 Å². The van der Waals surface area contributed by atoms with Gasteiger partial charge in [0.15, 0.2) is 11.6 Å². The maximum Gasteiger partial charge on any atom is 0.153 e. The molecule has 0 radical (unpaired) electrons. The highest BCUT2D eigenvalue weighted by atomic mass is 15.2. The average Bonchev–Trinajstić information content (AvgIpc) is 2.51. The van der Waals surface area contributed by atoms with Crippen LogP contribution in [0.5, 0.6) is 0 Å². The van der Waals surface area contributed by atoms with Crippen molar-refractivity contribution < 1.29 is 0 Å². The summed E-state index contributed by atoms with van der Waals surface area (Å²) < 4.78 is 0. The Bertz CT molecular complexity index is 652. The number of anilines is 1. The van der Waals surface area contributed by atoms with Gasteiger partial charge in [-0.25, -0.2) is 4.98 Å². The third-order valence-corrected chi connectivity index (χ3v) is 4.24. The van der Waals surface area contributed by atoms with E-state index >= 15 is 0 Å². The Labute approximate surface area is 138 Å². The van der Waals surface area contributed by atoms with E-state index in [0.29, 0.717) is 0 Å². The molecule has 0 amide bonds. The van der Waals surface area contributed by atoms with Gasteiger partial charge in [-0.2, -0.15) is 0 Å². The number of aromatic nitrogens is 3. The highest BCUT2D eigenvalue weighted by Gasteiger charge is 2.14. The van der Waals surface area contributed by atoms with Crippen molar-refractivity contribution in [3.05, 3.63) is 46.9 Å². The van der Waals surface area contributed by atoms with Crippen molar-refractivity contribution in [2.75, 3.05) is 31.5 Å². The lowest BCUT2D eigenvalue weighted by molar-refractivity contribution is 0.189. The van der Waals surface area contributed by atoms with E-state index in [1.807, 2.05) is 0 Å². The number of likely N-dealkylation sites (tertiary alicyclic amines) is 1. The molecule has 5 heteroatoms. The smallest absolute Gasteiger partial charge is 0.153 e. The summed E-state index contributed by atoms with van der Waals surface area (Å²) in [6.45, 7) is 8.58. The monoisotopic (exact) mass is 311 g/mol. The second kappa shape index (κ2) is 7.51. The highest BCUT2D eigenvalue weighted by Crippen LogP contribution is 2.16. The fourth-order valence-corrected chi connectivity index (χ4v) is 2.74. The predicted octanol–water partition coefficient (Wildman–Crippen LogP) is 2.45. The predicted molar refractivity (Wildman–Crippen MR) is 92.7 cm³/mol. The lowest BCUT2D eigenvalue weighted by atomic mass is 10.1. The second-order valence-electron chi connectivity index (χ2n) is 6.16. The Morgan fingerprint density at radius 3 is 2.78 bits per heavy atom. The SMILES string of the molecule is CCc1nnc(Cc2cccc(C)c2)c(NCCN2CCC2)n1. The van der Waals surface area contributed by atoms with Gasteiger partial charge in [0.25, 0.3) is 0 Å². The first-order chi connectivity index (χ1) is 11.2. The summed E-state index contributed by atoms with van der Waals surface area (Å²) in [6.07, 6.45) is 2.89. The third kappa shape index (κ3) is 4.26. The van der Waals surface area contributed by atoms with E-state index in [-0.39, 0.29) is 0 Å². The Balaban J connectivity index is 1.71. The number of nitrogens with zero attached hydrogens (tertiary/aromatic N) is 4. The zero-order chi connectivity index (χ0) is 16.1. The molecule has 2 aromatic rings. The molecule has 0 bridgehead atoms. The fraction of sp³-hybridized carbons (Fsp3) is 0.500. The van der Waals surface area contributed by atoms with Crippen LogP contribution in [0.15, 0.2) is 24.3 Å². The molecule has 0 aliphatic carbocycles. The van der Waals surface area contributed by atoms with Crippen LogP contribution in [-0.4, -0.2) is 46.3 Å². The van der Waals surface area contributed by atoms with Crippen molar-refractivity contribution >= 4 is 5.82 Å². The average molecular weight is 311 g/mol. The van der Waals surface area contributed by atoms with Crippen molar-refractivity contribution in [2.24, 2.45) is 0 Å². The zero-order valence-corrected chi connectivity index (χ0v) is 14.0. The van der Waals surface area contributed by atoms with Crippen molar-refractivity contribution in [1.82, 2.24) is 20.1 Å². The number of rotatable bonds is 7. The molecule has 0 spiro atoms. The summed E-state index contributed by atoms with van der Waals surface area (Å²) in [5.41, 5.74) is 3.44. The summed E-state index contributed by atoms with van der Waals surface area (Å²) in [6, 6.07) is 8.52. The van der Waals surface area contributed by atoms with Gasteiger partial charge >= 0.3 is 0 Å². The van der Waals surface area contributed by atoms with Crippen molar-refractivity contribution in [2.45, 2.75) is 33.1 Å². The Morgan fingerprint density at radius 1 is 1.22 bits per heavy atom. The van der Waals surface area contributed by atoms with Gasteiger partial charge < -0.3 is 10.2 Å². The minimum Gasteiger partial charge on any atom is -0.367 e. The topological polar surface area (TPSA) is 53.9 Å². The van der Waals surface area contributed by atoms with Crippen LogP contribution in [0.4, 0.5) is 5.82 Å². The van der Waals surface area contributed by atoms with Crippen LogP contribution in [0.1, 0.15) is 36.0 Å². The highest BCUT2D eigenvalue weighted by molar-refractivity contribution is 5.42. The first-order valence-corrected chi connectivity index (χ1v) is 8.49. The molecular weight excluding hydrogens is 286 g/mol. The van der Waals surface area contributed by atoms with E-state index in [1.54, 1.807) is 0 Å². The molecule has 0 unspecified atom stereocenters. The molecule has 1 aromatic heterocycles. The zero-order valence-electron chi connectivity index (χ0n) is 14.0. The van der Waals surface area contributed by atoms with Crippen LogP contribution < -0.4 is 5.32 Å². The Hall–Kier alpha value is -2.01. The summed E-state index contributed by atoms with van der Waals surface area (Å²) >= 11 is 0. The lowest BCUT2D eigenvalue weighted by Crippen LogP contribution is -2.40. The van der Waals surface area contributed by atoms with Crippen LogP contribution in [0.3, 0.4) is 0 Å². The summed E-state index contributed by atoms with van der Waals surface area (Å²) in [5, 5.41) is 12.1. The number of nitrogens with one attached hydrogen (secondary N) is 1. The molecule has 1 aliphatic heterocycles. The van der Waals surface area contributed by atoms with Crippen molar-refractivity contribution in [3.8, 4) is 0 Å². The van der Waals surface area contributed by atoms with E-state index in [9.17, 15) is 0 Å². The van der Waals surface area contributed by atoms with E-state index < -0.39 is 0 Å². The second-order valence-corrected chi connectivity index (χ2v) is 6.16. The molecule has 23 heavy (non-hydrogen) atoms. The van der Waals surface area contributed by atoms with E-state index in [2.05, 4.69) is 63.5 Å². The van der Waals surface area contributed by atoms with Crippen LogP contribution in [0.2, 0.25) is 0 Å². The van der Waals surface area contributed by atoms with E-state index in [4.69, 9.17) is 0 Å². The molecule has 122 valence electrons. The molecule has 2 heterocycles. The Kier molecular flexibility index (Phi) is 5.18. The fourth-order valence-electron chi connectivity index (χ4n) is 2.74. The number of hydrogen-bond acceptors (Lipinski definition) is 5. The summed E-state index contributed by atoms with van der Waals surface area (Å²) in [5.74, 6) is 1.68. The summed E-state index contributed by atoms with van der Waals surface area (Å²) in [4.78, 5) is 7.09. The third-order valence-electron chi connectivity index (χ3n) is 4.24. The number of benzene rings is 1. The maximum atomic E-state index is 4.65. The van der Waals surface area contributed by atoms with Crippen molar-refractivity contribution in [3.63, 3.8) is 0 Å². The van der Waals surface area contributed by atoms with Gasteiger partial charge in [0.05, 0.1) is 0 Å². The van der Waals surface area contributed by atoms with Crippen molar-refractivity contribution in [1.29, 1.82) is 0 Å². The van der Waals surface area contributed by atoms with Gasteiger partial charge in [-0.3, -0.25) is 0 Å². The first kappa shape index (κ1) is 15.9. The van der Waals surface area contributed by atoms with Gasteiger partial charge in [0.1, 0.15) is 5.69 Å².